The van der Waals surface area contributed by atoms with Gasteiger partial charge in [-0.15, -0.1) is 0 Å². The SMILES string of the molecule is CCCCC(/C(CCCC)=C(CCCC)\C(CCCC)=C(\CCCC)c1ccc(C#Cc2ccccc2)cc1)=C(CCCC)/C(CCCC)=C(/CCCC)c1ccc(C#Cc2ccccc2)cc1. The molecule has 4 rings (SSSR count). The lowest BCUT2D eigenvalue weighted by molar-refractivity contribution is 0.697. The fourth-order valence-corrected chi connectivity index (χ4v) is 9.51. The zero-order valence-corrected chi connectivity index (χ0v) is 44.4. The van der Waals surface area contributed by atoms with Crippen LogP contribution in [-0.2, 0) is 0 Å². The summed E-state index contributed by atoms with van der Waals surface area (Å²) in [4.78, 5) is 0. The molecule has 362 valence electrons. The predicted molar refractivity (Wildman–Crippen MR) is 302 cm³/mol. The number of benzene rings is 4. The van der Waals surface area contributed by atoms with Crippen molar-refractivity contribution in [2.45, 2.75) is 209 Å². The minimum atomic E-state index is 1.06. The minimum absolute atomic E-state index is 1.06. The van der Waals surface area contributed by atoms with Crippen LogP contribution in [0.5, 0.6) is 0 Å². The summed E-state index contributed by atoms with van der Waals surface area (Å²) < 4.78 is 0. The molecule has 0 spiro atoms. The summed E-state index contributed by atoms with van der Waals surface area (Å²) in [6, 6.07) is 39.5. The first-order valence-corrected chi connectivity index (χ1v) is 27.7. The van der Waals surface area contributed by atoms with E-state index in [1.807, 2.05) is 0 Å². The summed E-state index contributed by atoms with van der Waals surface area (Å²) in [5, 5.41) is 0. The summed E-state index contributed by atoms with van der Waals surface area (Å²) in [7, 11) is 0. The molecule has 0 aliphatic rings. The molecule has 0 heterocycles. The summed E-state index contributed by atoms with van der Waals surface area (Å²) >= 11 is 0. The molecule has 0 fully saturated rings. The first-order chi connectivity index (χ1) is 33.5. The van der Waals surface area contributed by atoms with Crippen LogP contribution in [0.1, 0.15) is 243 Å². The summed E-state index contributed by atoms with van der Waals surface area (Å²) in [5.74, 6) is 13.8. The van der Waals surface area contributed by atoms with E-state index in [4.69, 9.17) is 0 Å². The Morgan fingerprint density at radius 1 is 0.250 bits per heavy atom. The van der Waals surface area contributed by atoms with Gasteiger partial charge in [-0.2, -0.15) is 0 Å². The van der Waals surface area contributed by atoms with Crippen LogP contribution >= 0.6 is 0 Å². The summed E-state index contributed by atoms with van der Waals surface area (Å²) in [6.45, 7) is 19.1. The Bertz CT molecular complexity index is 2110. The van der Waals surface area contributed by atoms with Gasteiger partial charge in [-0.3, -0.25) is 0 Å². The maximum Gasteiger partial charge on any atom is 0.0249 e. The lowest BCUT2D eigenvalue weighted by Crippen LogP contribution is -2.09. The Morgan fingerprint density at radius 3 is 0.735 bits per heavy atom. The van der Waals surface area contributed by atoms with Gasteiger partial charge in [-0.1, -0.05) is 191 Å². The van der Waals surface area contributed by atoms with Crippen molar-refractivity contribution in [1.82, 2.24) is 0 Å². The van der Waals surface area contributed by atoms with Gasteiger partial charge in [0.15, 0.2) is 0 Å². The van der Waals surface area contributed by atoms with Crippen LogP contribution in [0.3, 0.4) is 0 Å². The second kappa shape index (κ2) is 33.5. The molecule has 0 saturated carbocycles. The highest BCUT2D eigenvalue weighted by Gasteiger charge is 2.24. The van der Waals surface area contributed by atoms with Crippen molar-refractivity contribution in [3.63, 3.8) is 0 Å². The molecule has 0 saturated heterocycles. The van der Waals surface area contributed by atoms with Crippen LogP contribution in [0.25, 0.3) is 11.1 Å². The molecule has 68 heavy (non-hydrogen) atoms. The molecular formula is C68H90. The van der Waals surface area contributed by atoms with E-state index in [1.54, 1.807) is 44.6 Å². The Labute approximate surface area is 418 Å². The molecule has 0 unspecified atom stereocenters. The van der Waals surface area contributed by atoms with Crippen molar-refractivity contribution in [2.75, 3.05) is 0 Å². The van der Waals surface area contributed by atoms with Gasteiger partial charge in [0.25, 0.3) is 0 Å². The molecule has 0 nitrogen and oxygen atoms in total. The minimum Gasteiger partial charge on any atom is -0.0654 e. The third-order valence-electron chi connectivity index (χ3n) is 13.5. The largest absolute Gasteiger partial charge is 0.0654 e. The number of rotatable bonds is 29. The maximum absolute atomic E-state index is 3.47. The third-order valence-corrected chi connectivity index (χ3v) is 13.5. The van der Waals surface area contributed by atoms with E-state index in [0.29, 0.717) is 0 Å². The van der Waals surface area contributed by atoms with Crippen molar-refractivity contribution in [1.29, 1.82) is 0 Å². The summed E-state index contributed by atoms with van der Waals surface area (Å²) in [5.41, 5.74) is 20.5. The monoisotopic (exact) mass is 907 g/mol. The van der Waals surface area contributed by atoms with E-state index in [2.05, 4.69) is 188 Å². The van der Waals surface area contributed by atoms with E-state index >= 15 is 0 Å². The number of allylic oxidation sites excluding steroid dienone is 8. The molecule has 0 atom stereocenters. The number of hydrogen-bond acceptors (Lipinski definition) is 0. The molecule has 0 heteroatoms. The molecule has 4 aromatic rings. The number of unbranched alkanes of at least 4 members (excludes halogenated alkanes) is 8. The average molecular weight is 907 g/mol. The Kier molecular flexibility index (Phi) is 27.3. The Balaban J connectivity index is 2.14. The van der Waals surface area contributed by atoms with Crippen molar-refractivity contribution >= 4 is 11.1 Å². The number of hydrogen-bond donors (Lipinski definition) is 0. The van der Waals surface area contributed by atoms with Crippen LogP contribution in [0, 0.1) is 23.7 Å². The van der Waals surface area contributed by atoms with Gasteiger partial charge in [0.2, 0.25) is 0 Å². The predicted octanol–water partition coefficient (Wildman–Crippen LogP) is 20.8. The van der Waals surface area contributed by atoms with Crippen molar-refractivity contribution in [3.05, 3.63) is 176 Å². The highest BCUT2D eigenvalue weighted by atomic mass is 14.3. The van der Waals surface area contributed by atoms with E-state index in [9.17, 15) is 0 Å². The van der Waals surface area contributed by atoms with E-state index in [0.717, 1.165) is 73.6 Å². The van der Waals surface area contributed by atoms with Crippen LogP contribution < -0.4 is 0 Å². The van der Waals surface area contributed by atoms with Crippen LogP contribution in [0.15, 0.2) is 143 Å². The van der Waals surface area contributed by atoms with Crippen LogP contribution in [-0.4, -0.2) is 0 Å². The van der Waals surface area contributed by atoms with Crippen molar-refractivity contribution < 1.29 is 0 Å². The van der Waals surface area contributed by atoms with Crippen molar-refractivity contribution in [3.8, 4) is 23.7 Å². The van der Waals surface area contributed by atoms with Gasteiger partial charge < -0.3 is 0 Å². The fourth-order valence-electron chi connectivity index (χ4n) is 9.51. The lowest BCUT2D eigenvalue weighted by Gasteiger charge is -2.29. The van der Waals surface area contributed by atoms with Crippen LogP contribution in [0.2, 0.25) is 0 Å². The normalized spacial score (nSPS) is 12.8. The van der Waals surface area contributed by atoms with Gasteiger partial charge in [0.05, 0.1) is 0 Å². The zero-order chi connectivity index (χ0) is 48.6. The molecule has 0 N–H and O–H groups in total. The Hall–Kier alpha value is -5.04. The van der Waals surface area contributed by atoms with Crippen molar-refractivity contribution in [2.24, 2.45) is 0 Å². The van der Waals surface area contributed by atoms with E-state index in [-0.39, 0.29) is 0 Å². The van der Waals surface area contributed by atoms with E-state index < -0.39 is 0 Å². The first kappa shape index (κ1) is 55.6. The Morgan fingerprint density at radius 2 is 0.471 bits per heavy atom. The maximum atomic E-state index is 3.47. The third kappa shape index (κ3) is 18.5. The molecule has 0 aliphatic heterocycles. The van der Waals surface area contributed by atoms with Crippen LogP contribution in [0.4, 0.5) is 0 Å². The molecule has 0 bridgehead atoms. The molecular weight excluding hydrogens is 817 g/mol. The van der Waals surface area contributed by atoms with Gasteiger partial charge >= 0.3 is 0 Å². The van der Waals surface area contributed by atoms with E-state index in [1.165, 1.54) is 114 Å². The molecule has 0 amide bonds. The quantitative estimate of drug-likeness (QED) is 0.0376. The topological polar surface area (TPSA) is 0 Å². The highest BCUT2D eigenvalue weighted by Crippen LogP contribution is 2.44. The molecule has 0 aromatic heterocycles. The smallest absolute Gasteiger partial charge is 0.0249 e. The zero-order valence-electron chi connectivity index (χ0n) is 44.4. The molecule has 0 aliphatic carbocycles. The van der Waals surface area contributed by atoms with Gasteiger partial charge in [0, 0.05) is 22.3 Å². The fraction of sp³-hybridized carbons (Fsp3) is 0.471. The molecule has 0 radical (unpaired) electrons. The second-order valence-electron chi connectivity index (χ2n) is 19.0. The lowest BCUT2D eigenvalue weighted by atomic mass is 9.76. The van der Waals surface area contributed by atoms with Gasteiger partial charge in [-0.05, 0) is 207 Å². The average Bonchev–Trinajstić information content (AvgIpc) is 3.38. The standard InChI is InChI=1S/C68H90/c1-9-17-35-61(59-51-47-57(48-52-59)45-43-55-31-27-25-28-32-55)63(37-19-11-3)65(39-21-13-5)67(41-23-15-7)68(42-24-16-8)66(40-22-14-6)64(38-20-12-4)62(36-18-10-2)60-53-49-58(50-54-60)46-44-56-33-29-26-30-34-56/h25-34,47-54H,9-24,35-42H2,1-8H3/b63-61-,64-62-,67-65-,68-66-. The van der Waals surface area contributed by atoms with Gasteiger partial charge in [0.1, 0.15) is 0 Å². The highest BCUT2D eigenvalue weighted by molar-refractivity contribution is 5.76. The molecule has 4 aromatic carbocycles. The first-order valence-electron chi connectivity index (χ1n) is 27.7. The second-order valence-corrected chi connectivity index (χ2v) is 19.0. The summed E-state index contributed by atoms with van der Waals surface area (Å²) in [6.07, 6.45) is 28.5. The van der Waals surface area contributed by atoms with Gasteiger partial charge in [-0.25, -0.2) is 0 Å².